The van der Waals surface area contributed by atoms with Gasteiger partial charge in [0, 0.05) is 12.6 Å². The Hall–Kier alpha value is -3.22. The first-order chi connectivity index (χ1) is 12.4. The standard InChI is InChI=1S/C19H21NO6/c1-12(2)25-16-8-14(18(21)22)9-17(10-16)26-15-6-4-13(5-7-15)11-20-19(23)24-3/h4-10,12H,11H2,1-3H3,(H,20,23)(H,21,22). The van der Waals surface area contributed by atoms with Crippen molar-refractivity contribution in [2.45, 2.75) is 26.5 Å². The summed E-state index contributed by atoms with van der Waals surface area (Å²) >= 11 is 0. The van der Waals surface area contributed by atoms with E-state index >= 15 is 0 Å². The second-order valence-corrected chi connectivity index (χ2v) is 5.76. The third-order valence-electron chi connectivity index (χ3n) is 3.28. The highest BCUT2D eigenvalue weighted by Crippen LogP contribution is 2.28. The lowest BCUT2D eigenvalue weighted by Crippen LogP contribution is -2.22. The Morgan fingerprint density at radius 1 is 1.04 bits per heavy atom. The van der Waals surface area contributed by atoms with Crippen molar-refractivity contribution in [1.29, 1.82) is 0 Å². The third kappa shape index (κ3) is 5.70. The van der Waals surface area contributed by atoms with Crippen LogP contribution in [-0.4, -0.2) is 30.4 Å². The van der Waals surface area contributed by atoms with E-state index < -0.39 is 12.1 Å². The molecule has 26 heavy (non-hydrogen) atoms. The Kier molecular flexibility index (Phi) is 6.43. The van der Waals surface area contributed by atoms with Crippen LogP contribution in [0.1, 0.15) is 29.8 Å². The van der Waals surface area contributed by atoms with Crippen LogP contribution >= 0.6 is 0 Å². The zero-order chi connectivity index (χ0) is 19.1. The number of carbonyl (C=O) groups excluding carboxylic acids is 1. The number of hydrogen-bond acceptors (Lipinski definition) is 5. The first kappa shape index (κ1) is 19.1. The van der Waals surface area contributed by atoms with E-state index in [1.807, 2.05) is 13.8 Å². The highest BCUT2D eigenvalue weighted by molar-refractivity contribution is 5.88. The number of ether oxygens (including phenoxy) is 3. The number of alkyl carbamates (subject to hydrolysis) is 1. The number of amides is 1. The monoisotopic (exact) mass is 359 g/mol. The van der Waals surface area contributed by atoms with Gasteiger partial charge in [0.2, 0.25) is 0 Å². The van der Waals surface area contributed by atoms with Gasteiger partial charge in [0.25, 0.3) is 0 Å². The zero-order valence-corrected chi connectivity index (χ0v) is 14.8. The predicted octanol–water partition coefficient (Wildman–Crippen LogP) is 3.82. The van der Waals surface area contributed by atoms with Crippen LogP contribution in [0.4, 0.5) is 4.79 Å². The van der Waals surface area contributed by atoms with Crippen molar-refractivity contribution in [2.24, 2.45) is 0 Å². The number of benzene rings is 2. The van der Waals surface area contributed by atoms with Crippen molar-refractivity contribution in [3.63, 3.8) is 0 Å². The Balaban J connectivity index is 2.12. The molecule has 0 aliphatic rings. The van der Waals surface area contributed by atoms with Crippen molar-refractivity contribution in [3.8, 4) is 17.2 Å². The minimum Gasteiger partial charge on any atom is -0.491 e. The molecule has 0 unspecified atom stereocenters. The second-order valence-electron chi connectivity index (χ2n) is 5.76. The molecule has 7 heteroatoms. The molecule has 0 atom stereocenters. The summed E-state index contributed by atoms with van der Waals surface area (Å²) in [5, 5.41) is 11.8. The van der Waals surface area contributed by atoms with Gasteiger partial charge in [-0.1, -0.05) is 12.1 Å². The Bertz CT molecular complexity index is 770. The average molecular weight is 359 g/mol. The lowest BCUT2D eigenvalue weighted by atomic mass is 10.2. The van der Waals surface area contributed by atoms with E-state index in [2.05, 4.69) is 10.1 Å². The fourth-order valence-electron chi connectivity index (χ4n) is 2.15. The van der Waals surface area contributed by atoms with E-state index in [0.717, 1.165) is 5.56 Å². The normalized spacial score (nSPS) is 10.3. The number of methoxy groups -OCH3 is 1. The molecule has 0 saturated heterocycles. The quantitative estimate of drug-likeness (QED) is 0.780. The van der Waals surface area contributed by atoms with Crippen LogP contribution in [0, 0.1) is 0 Å². The molecule has 2 N–H and O–H groups in total. The molecule has 0 aliphatic carbocycles. The van der Waals surface area contributed by atoms with Crippen molar-refractivity contribution >= 4 is 12.1 Å². The Morgan fingerprint density at radius 2 is 1.69 bits per heavy atom. The van der Waals surface area contributed by atoms with E-state index in [-0.39, 0.29) is 11.7 Å². The fraction of sp³-hybridized carbons (Fsp3) is 0.263. The molecule has 138 valence electrons. The zero-order valence-electron chi connectivity index (χ0n) is 14.8. The maximum Gasteiger partial charge on any atom is 0.407 e. The SMILES string of the molecule is COC(=O)NCc1ccc(Oc2cc(OC(C)C)cc(C(=O)O)c2)cc1. The van der Waals surface area contributed by atoms with Gasteiger partial charge in [0.15, 0.2) is 0 Å². The molecule has 0 radical (unpaired) electrons. The maximum absolute atomic E-state index is 11.3. The molecule has 0 spiro atoms. The van der Waals surface area contributed by atoms with Crippen LogP contribution in [0.25, 0.3) is 0 Å². The van der Waals surface area contributed by atoms with Gasteiger partial charge in [-0.2, -0.15) is 0 Å². The Morgan fingerprint density at radius 3 is 2.27 bits per heavy atom. The molecule has 2 aromatic rings. The summed E-state index contributed by atoms with van der Waals surface area (Å²) in [5.41, 5.74) is 0.947. The molecule has 2 aromatic carbocycles. The van der Waals surface area contributed by atoms with Gasteiger partial charge in [-0.05, 0) is 43.7 Å². The van der Waals surface area contributed by atoms with Gasteiger partial charge in [-0.15, -0.1) is 0 Å². The lowest BCUT2D eigenvalue weighted by Gasteiger charge is -2.13. The van der Waals surface area contributed by atoms with Crippen LogP contribution in [0.5, 0.6) is 17.2 Å². The first-order valence-corrected chi connectivity index (χ1v) is 8.01. The minimum atomic E-state index is -1.06. The summed E-state index contributed by atoms with van der Waals surface area (Å²) in [5.74, 6) is 0.257. The molecular weight excluding hydrogens is 338 g/mol. The summed E-state index contributed by atoms with van der Waals surface area (Å²) in [6, 6.07) is 11.6. The van der Waals surface area contributed by atoms with E-state index in [1.165, 1.54) is 19.2 Å². The van der Waals surface area contributed by atoms with Crippen LogP contribution in [0.2, 0.25) is 0 Å². The molecule has 2 rings (SSSR count). The van der Waals surface area contributed by atoms with Crippen molar-refractivity contribution in [3.05, 3.63) is 53.6 Å². The molecular formula is C19H21NO6. The van der Waals surface area contributed by atoms with E-state index in [1.54, 1.807) is 30.3 Å². The van der Waals surface area contributed by atoms with E-state index in [4.69, 9.17) is 9.47 Å². The predicted molar refractivity (Wildman–Crippen MR) is 94.9 cm³/mol. The first-order valence-electron chi connectivity index (χ1n) is 8.01. The topological polar surface area (TPSA) is 94.1 Å². The van der Waals surface area contributed by atoms with Crippen LogP contribution in [-0.2, 0) is 11.3 Å². The second kappa shape index (κ2) is 8.75. The number of carbonyl (C=O) groups is 2. The molecule has 0 aromatic heterocycles. The summed E-state index contributed by atoms with van der Waals surface area (Å²) in [4.78, 5) is 22.4. The number of aromatic carboxylic acids is 1. The number of rotatable bonds is 7. The molecule has 0 heterocycles. The molecule has 0 fully saturated rings. The molecule has 0 saturated carbocycles. The van der Waals surface area contributed by atoms with Crippen LogP contribution < -0.4 is 14.8 Å². The van der Waals surface area contributed by atoms with E-state index in [0.29, 0.717) is 23.8 Å². The highest BCUT2D eigenvalue weighted by atomic mass is 16.5. The largest absolute Gasteiger partial charge is 0.491 e. The molecule has 0 bridgehead atoms. The number of carboxylic acid groups (broad SMARTS) is 1. The van der Waals surface area contributed by atoms with Crippen molar-refractivity contribution < 1.29 is 28.9 Å². The minimum absolute atomic E-state index is 0.0806. The lowest BCUT2D eigenvalue weighted by molar-refractivity contribution is 0.0695. The third-order valence-corrected chi connectivity index (χ3v) is 3.28. The smallest absolute Gasteiger partial charge is 0.407 e. The Labute approximate surface area is 151 Å². The number of hydrogen-bond donors (Lipinski definition) is 2. The maximum atomic E-state index is 11.3. The molecule has 0 aliphatic heterocycles. The average Bonchev–Trinajstić information content (AvgIpc) is 2.60. The summed E-state index contributed by atoms with van der Waals surface area (Å²) in [6.45, 7) is 4.04. The molecule has 1 amide bonds. The van der Waals surface area contributed by atoms with E-state index in [9.17, 15) is 14.7 Å². The van der Waals surface area contributed by atoms with Gasteiger partial charge in [0.05, 0.1) is 18.8 Å². The van der Waals surface area contributed by atoms with Gasteiger partial charge >= 0.3 is 12.1 Å². The fourth-order valence-corrected chi connectivity index (χ4v) is 2.15. The van der Waals surface area contributed by atoms with Gasteiger partial charge in [-0.3, -0.25) is 0 Å². The van der Waals surface area contributed by atoms with Gasteiger partial charge < -0.3 is 24.6 Å². The van der Waals surface area contributed by atoms with Crippen molar-refractivity contribution in [2.75, 3.05) is 7.11 Å². The summed E-state index contributed by atoms with van der Waals surface area (Å²) in [6.07, 6.45) is -0.595. The summed E-state index contributed by atoms with van der Waals surface area (Å²) < 4.78 is 15.8. The number of carboxylic acids is 1. The van der Waals surface area contributed by atoms with Crippen molar-refractivity contribution in [1.82, 2.24) is 5.32 Å². The highest BCUT2D eigenvalue weighted by Gasteiger charge is 2.11. The van der Waals surface area contributed by atoms with Crippen LogP contribution in [0.15, 0.2) is 42.5 Å². The van der Waals surface area contributed by atoms with Gasteiger partial charge in [-0.25, -0.2) is 9.59 Å². The summed E-state index contributed by atoms with van der Waals surface area (Å²) in [7, 11) is 1.30. The number of nitrogens with one attached hydrogen (secondary N) is 1. The van der Waals surface area contributed by atoms with Gasteiger partial charge in [0.1, 0.15) is 17.2 Å². The van der Waals surface area contributed by atoms with Crippen LogP contribution in [0.3, 0.4) is 0 Å². The molecule has 7 nitrogen and oxygen atoms in total.